The summed E-state index contributed by atoms with van der Waals surface area (Å²) >= 11 is 0. The third kappa shape index (κ3) is 5.06. The highest BCUT2D eigenvalue weighted by atomic mass is 16.5. The molecule has 2 aromatic carbocycles. The Kier molecular flexibility index (Phi) is 7.65. The molecule has 0 saturated carbocycles. The van der Waals surface area contributed by atoms with E-state index in [0.717, 1.165) is 42.9 Å². The van der Waals surface area contributed by atoms with E-state index >= 15 is 0 Å². The van der Waals surface area contributed by atoms with E-state index in [-0.39, 0.29) is 0 Å². The minimum absolute atomic E-state index is 0.489. The molecule has 0 radical (unpaired) electrons. The fraction of sp³-hybridized carbons (Fsp3) is 0.481. The van der Waals surface area contributed by atoms with Crippen LogP contribution in [0.25, 0.3) is 22.8 Å². The highest BCUT2D eigenvalue weighted by Crippen LogP contribution is 2.40. The first-order valence-electron chi connectivity index (χ1n) is 12.3. The fourth-order valence-electron chi connectivity index (χ4n) is 4.76. The van der Waals surface area contributed by atoms with Crippen LogP contribution in [-0.2, 0) is 6.42 Å². The van der Waals surface area contributed by atoms with E-state index in [9.17, 15) is 0 Å². The minimum atomic E-state index is 0.489. The fourth-order valence-corrected chi connectivity index (χ4v) is 4.76. The van der Waals surface area contributed by atoms with Crippen molar-refractivity contribution < 1.29 is 14.0 Å². The van der Waals surface area contributed by atoms with Crippen LogP contribution in [0.5, 0.6) is 11.5 Å². The van der Waals surface area contributed by atoms with E-state index in [1.54, 1.807) is 0 Å². The van der Waals surface area contributed by atoms with Gasteiger partial charge in [0.2, 0.25) is 5.82 Å². The van der Waals surface area contributed by atoms with Crippen LogP contribution in [0.1, 0.15) is 57.6 Å². The molecule has 0 fully saturated rings. The lowest BCUT2D eigenvalue weighted by Crippen LogP contribution is -2.25. The molecule has 1 heterocycles. The lowest BCUT2D eigenvalue weighted by molar-refractivity contribution is 0.288. The van der Waals surface area contributed by atoms with E-state index in [1.807, 2.05) is 32.0 Å². The van der Waals surface area contributed by atoms with Gasteiger partial charge < -0.3 is 18.9 Å². The third-order valence-electron chi connectivity index (χ3n) is 6.54. The Morgan fingerprint density at radius 2 is 1.79 bits per heavy atom. The van der Waals surface area contributed by atoms with Crippen molar-refractivity contribution in [2.24, 2.45) is 0 Å². The summed E-state index contributed by atoms with van der Waals surface area (Å²) in [5.74, 6) is 3.15. The predicted molar refractivity (Wildman–Crippen MR) is 131 cm³/mol. The number of fused-ring (bicyclic) bond motifs is 1. The summed E-state index contributed by atoms with van der Waals surface area (Å²) < 4.78 is 17.1. The van der Waals surface area contributed by atoms with Crippen molar-refractivity contribution in [2.75, 3.05) is 32.8 Å². The summed E-state index contributed by atoms with van der Waals surface area (Å²) in [4.78, 5) is 7.25. The quantitative estimate of drug-likeness (QED) is 0.360. The lowest BCUT2D eigenvalue weighted by atomic mass is 9.95. The average Bonchev–Trinajstić information content (AvgIpc) is 3.49. The lowest BCUT2D eigenvalue weighted by Gasteiger charge is -2.20. The summed E-state index contributed by atoms with van der Waals surface area (Å²) in [5.41, 5.74) is 4.73. The van der Waals surface area contributed by atoms with E-state index < -0.39 is 0 Å². The van der Waals surface area contributed by atoms with Gasteiger partial charge in [-0.1, -0.05) is 37.2 Å². The first-order chi connectivity index (χ1) is 16.2. The zero-order valence-corrected chi connectivity index (χ0v) is 20.3. The largest absolute Gasteiger partial charge is 0.490 e. The van der Waals surface area contributed by atoms with Crippen molar-refractivity contribution in [3.8, 4) is 34.3 Å². The number of hydrogen-bond acceptors (Lipinski definition) is 6. The zero-order chi connectivity index (χ0) is 23.2. The first-order valence-corrected chi connectivity index (χ1v) is 12.3. The van der Waals surface area contributed by atoms with Crippen molar-refractivity contribution in [3.05, 3.63) is 47.5 Å². The maximum atomic E-state index is 5.75. The van der Waals surface area contributed by atoms with Crippen molar-refractivity contribution >= 4 is 0 Å². The highest BCUT2D eigenvalue weighted by Gasteiger charge is 2.26. The SMILES string of the molecule is CCOc1ccc(-c2nc(-c3cccc4c3CCC4CCN(CC)CC)no2)cc1OCC. The third-order valence-corrected chi connectivity index (χ3v) is 6.54. The molecular formula is C27H35N3O3. The average molecular weight is 450 g/mol. The number of nitrogens with zero attached hydrogens (tertiary/aromatic N) is 3. The van der Waals surface area contributed by atoms with Crippen LogP contribution < -0.4 is 9.47 Å². The van der Waals surface area contributed by atoms with Crippen LogP contribution in [0.15, 0.2) is 40.9 Å². The maximum Gasteiger partial charge on any atom is 0.258 e. The second-order valence-corrected chi connectivity index (χ2v) is 8.38. The maximum absolute atomic E-state index is 5.75. The van der Waals surface area contributed by atoms with Gasteiger partial charge in [0.1, 0.15) is 0 Å². The topological polar surface area (TPSA) is 60.6 Å². The van der Waals surface area contributed by atoms with Gasteiger partial charge in [0.15, 0.2) is 11.5 Å². The molecule has 1 unspecified atom stereocenters. The molecule has 1 aliphatic carbocycles. The number of ether oxygens (including phenoxy) is 2. The van der Waals surface area contributed by atoms with Gasteiger partial charge in [0, 0.05) is 11.1 Å². The zero-order valence-electron chi connectivity index (χ0n) is 20.3. The van der Waals surface area contributed by atoms with Gasteiger partial charge in [0.25, 0.3) is 5.89 Å². The van der Waals surface area contributed by atoms with Crippen LogP contribution in [0, 0.1) is 0 Å². The Balaban J connectivity index is 1.57. The number of aromatic nitrogens is 2. The Labute approximate surface area is 196 Å². The number of rotatable bonds is 11. The Hall–Kier alpha value is -2.86. The van der Waals surface area contributed by atoms with Crippen LogP contribution >= 0.6 is 0 Å². The molecule has 176 valence electrons. The molecule has 0 aliphatic heterocycles. The molecule has 0 saturated heterocycles. The van der Waals surface area contributed by atoms with E-state index in [1.165, 1.54) is 24.0 Å². The van der Waals surface area contributed by atoms with Gasteiger partial charge in [-0.25, -0.2) is 0 Å². The Morgan fingerprint density at radius 3 is 2.55 bits per heavy atom. The molecular weight excluding hydrogens is 414 g/mol. The van der Waals surface area contributed by atoms with Crippen molar-refractivity contribution in [1.82, 2.24) is 15.0 Å². The molecule has 3 aromatic rings. The second-order valence-electron chi connectivity index (χ2n) is 8.38. The molecule has 6 nitrogen and oxygen atoms in total. The van der Waals surface area contributed by atoms with E-state index in [0.29, 0.717) is 36.6 Å². The monoisotopic (exact) mass is 449 g/mol. The van der Waals surface area contributed by atoms with Gasteiger partial charge in [-0.05, 0) is 88.0 Å². The molecule has 0 spiro atoms. The standard InChI is InChI=1S/C27H35N3O3/c1-5-30(6-2)17-16-19-12-14-22-21(19)10-9-11-23(22)26-28-27(33-29-26)20-13-15-24(31-7-3)25(18-20)32-8-4/h9-11,13,15,18-19H,5-8,12,14,16-17H2,1-4H3. The van der Waals surface area contributed by atoms with Gasteiger partial charge >= 0.3 is 0 Å². The Bertz CT molecular complexity index is 1060. The molecule has 4 rings (SSSR count). The molecule has 0 N–H and O–H groups in total. The van der Waals surface area contributed by atoms with Crippen molar-refractivity contribution in [1.29, 1.82) is 0 Å². The molecule has 0 amide bonds. The summed E-state index contributed by atoms with van der Waals surface area (Å²) in [6, 6.07) is 12.3. The molecule has 6 heteroatoms. The van der Waals surface area contributed by atoms with Gasteiger partial charge in [-0.3, -0.25) is 0 Å². The highest BCUT2D eigenvalue weighted by molar-refractivity contribution is 5.67. The molecule has 1 aromatic heterocycles. The van der Waals surface area contributed by atoms with Gasteiger partial charge in [0.05, 0.1) is 13.2 Å². The van der Waals surface area contributed by atoms with Crippen molar-refractivity contribution in [2.45, 2.75) is 52.9 Å². The minimum Gasteiger partial charge on any atom is -0.490 e. The van der Waals surface area contributed by atoms with Crippen LogP contribution in [0.4, 0.5) is 0 Å². The molecule has 0 bridgehead atoms. The van der Waals surface area contributed by atoms with Gasteiger partial charge in [-0.15, -0.1) is 0 Å². The number of hydrogen-bond donors (Lipinski definition) is 0. The summed E-state index contributed by atoms with van der Waals surface area (Å²) in [6.07, 6.45) is 3.45. The van der Waals surface area contributed by atoms with E-state index in [2.05, 4.69) is 42.1 Å². The first kappa shape index (κ1) is 23.3. The second kappa shape index (κ2) is 10.8. The molecule has 1 atom stereocenters. The normalized spacial score (nSPS) is 15.1. The number of benzene rings is 2. The van der Waals surface area contributed by atoms with Crippen LogP contribution in [0.3, 0.4) is 0 Å². The van der Waals surface area contributed by atoms with E-state index in [4.69, 9.17) is 19.0 Å². The smallest absolute Gasteiger partial charge is 0.258 e. The summed E-state index contributed by atoms with van der Waals surface area (Å²) in [7, 11) is 0. The summed E-state index contributed by atoms with van der Waals surface area (Å²) in [5, 5.41) is 4.33. The van der Waals surface area contributed by atoms with Gasteiger partial charge in [-0.2, -0.15) is 4.98 Å². The predicted octanol–water partition coefficient (Wildman–Crippen LogP) is 5.96. The molecule has 33 heavy (non-hydrogen) atoms. The summed E-state index contributed by atoms with van der Waals surface area (Å²) in [6.45, 7) is 12.9. The Morgan fingerprint density at radius 1 is 1.00 bits per heavy atom. The molecule has 1 aliphatic rings. The van der Waals surface area contributed by atoms with Crippen LogP contribution in [0.2, 0.25) is 0 Å². The van der Waals surface area contributed by atoms with Crippen LogP contribution in [-0.4, -0.2) is 47.9 Å². The van der Waals surface area contributed by atoms with Crippen molar-refractivity contribution in [3.63, 3.8) is 0 Å².